The summed E-state index contributed by atoms with van der Waals surface area (Å²) in [7, 11) is -3.16. The van der Waals surface area contributed by atoms with Crippen molar-refractivity contribution >= 4 is 10.0 Å². The van der Waals surface area contributed by atoms with E-state index in [2.05, 4.69) is 10.0 Å². The van der Waals surface area contributed by atoms with Gasteiger partial charge in [0.05, 0.1) is 4.75 Å². The van der Waals surface area contributed by atoms with E-state index < -0.39 is 14.8 Å². The van der Waals surface area contributed by atoms with Crippen LogP contribution in [0.1, 0.15) is 27.2 Å². The molecule has 0 amide bonds. The molecule has 0 saturated carbocycles. The van der Waals surface area contributed by atoms with E-state index in [0.717, 1.165) is 19.5 Å². The molecule has 4 nitrogen and oxygen atoms in total. The van der Waals surface area contributed by atoms with E-state index in [1.165, 1.54) is 0 Å². The van der Waals surface area contributed by atoms with Crippen molar-refractivity contribution in [3.05, 3.63) is 0 Å². The lowest BCUT2D eigenvalue weighted by Gasteiger charge is -2.21. The Kier molecular flexibility index (Phi) is 3.55. The first-order chi connectivity index (χ1) is 6.33. The van der Waals surface area contributed by atoms with Crippen molar-refractivity contribution in [1.82, 2.24) is 10.0 Å². The molecule has 0 radical (unpaired) electrons. The summed E-state index contributed by atoms with van der Waals surface area (Å²) in [6.07, 6.45) is 1.06. The quantitative estimate of drug-likeness (QED) is 0.720. The van der Waals surface area contributed by atoms with Gasteiger partial charge in [-0.2, -0.15) is 0 Å². The predicted octanol–water partition coefficient (Wildman–Crippen LogP) is 0.314. The molecule has 0 aromatic rings. The van der Waals surface area contributed by atoms with Crippen molar-refractivity contribution < 1.29 is 8.42 Å². The molecule has 0 bridgehead atoms. The van der Waals surface area contributed by atoms with Gasteiger partial charge in [-0.05, 0) is 46.2 Å². The lowest BCUT2D eigenvalue weighted by molar-refractivity contribution is 0.516. The first-order valence-electron chi connectivity index (χ1n) is 5.03. The van der Waals surface area contributed by atoms with E-state index >= 15 is 0 Å². The van der Waals surface area contributed by atoms with E-state index in [9.17, 15) is 8.42 Å². The molecule has 0 aromatic heterocycles. The lowest BCUT2D eigenvalue weighted by atomic mass is 10.1. The maximum absolute atomic E-state index is 11.7. The van der Waals surface area contributed by atoms with Gasteiger partial charge in [0, 0.05) is 6.54 Å². The first-order valence-corrected chi connectivity index (χ1v) is 6.51. The average molecular weight is 220 g/mol. The number of nitrogens with one attached hydrogen (secondary N) is 2. The molecule has 0 aliphatic carbocycles. The maximum Gasteiger partial charge on any atom is 0.216 e. The van der Waals surface area contributed by atoms with Crippen LogP contribution >= 0.6 is 0 Å². The lowest BCUT2D eigenvalue weighted by Crippen LogP contribution is -2.41. The third-order valence-electron chi connectivity index (χ3n) is 2.53. The van der Waals surface area contributed by atoms with Gasteiger partial charge < -0.3 is 5.32 Å². The molecule has 1 saturated heterocycles. The molecular weight excluding hydrogens is 200 g/mol. The molecule has 1 fully saturated rings. The van der Waals surface area contributed by atoms with Crippen LogP contribution in [0.5, 0.6) is 0 Å². The molecule has 0 spiro atoms. The van der Waals surface area contributed by atoms with Crippen molar-refractivity contribution in [2.24, 2.45) is 5.92 Å². The Morgan fingerprint density at radius 1 is 1.43 bits per heavy atom. The summed E-state index contributed by atoms with van der Waals surface area (Å²) in [5, 5.41) is 3.21. The zero-order chi connectivity index (χ0) is 10.8. The van der Waals surface area contributed by atoms with Crippen molar-refractivity contribution in [2.45, 2.75) is 31.9 Å². The molecular formula is C9H20N2O2S. The molecule has 1 aliphatic rings. The van der Waals surface area contributed by atoms with Gasteiger partial charge in [-0.25, -0.2) is 13.1 Å². The highest BCUT2D eigenvalue weighted by Gasteiger charge is 2.29. The second-order valence-electron chi connectivity index (χ2n) is 4.82. The normalized spacial score (nSPS) is 24.1. The van der Waals surface area contributed by atoms with Crippen LogP contribution in [0.25, 0.3) is 0 Å². The predicted molar refractivity (Wildman–Crippen MR) is 57.7 cm³/mol. The summed E-state index contributed by atoms with van der Waals surface area (Å²) in [4.78, 5) is 0. The van der Waals surface area contributed by atoms with Gasteiger partial charge in [0.1, 0.15) is 0 Å². The largest absolute Gasteiger partial charge is 0.316 e. The summed E-state index contributed by atoms with van der Waals surface area (Å²) in [6, 6.07) is 0. The molecule has 84 valence electrons. The standard InChI is InChI=1S/C9H20N2O2S/c1-9(2,3)14(12,13)11-7-8-4-5-10-6-8/h8,10-11H,4-7H2,1-3H3. The number of hydrogen-bond acceptors (Lipinski definition) is 3. The summed E-state index contributed by atoms with van der Waals surface area (Å²) < 4.78 is 25.3. The zero-order valence-corrected chi connectivity index (χ0v) is 9.95. The van der Waals surface area contributed by atoms with Crippen molar-refractivity contribution in [3.8, 4) is 0 Å². The Morgan fingerprint density at radius 2 is 2.07 bits per heavy atom. The molecule has 14 heavy (non-hydrogen) atoms. The fraction of sp³-hybridized carbons (Fsp3) is 1.00. The van der Waals surface area contributed by atoms with E-state index in [1.807, 2.05) is 0 Å². The van der Waals surface area contributed by atoms with E-state index in [1.54, 1.807) is 20.8 Å². The molecule has 1 aliphatic heterocycles. The summed E-state index contributed by atoms with van der Waals surface area (Å²) in [5.74, 6) is 0.451. The van der Waals surface area contributed by atoms with Crippen molar-refractivity contribution in [2.75, 3.05) is 19.6 Å². The SMILES string of the molecule is CC(C)(C)S(=O)(=O)NCC1CCNC1. The van der Waals surface area contributed by atoms with E-state index in [0.29, 0.717) is 12.5 Å². The fourth-order valence-electron chi connectivity index (χ4n) is 1.33. The Labute approximate surface area is 86.5 Å². The smallest absolute Gasteiger partial charge is 0.216 e. The number of hydrogen-bond donors (Lipinski definition) is 2. The van der Waals surface area contributed by atoms with Gasteiger partial charge in [-0.15, -0.1) is 0 Å². The van der Waals surface area contributed by atoms with Crippen LogP contribution < -0.4 is 10.0 Å². The van der Waals surface area contributed by atoms with Crippen LogP contribution in [-0.4, -0.2) is 32.8 Å². The Balaban J connectivity index is 2.44. The second kappa shape index (κ2) is 4.16. The second-order valence-corrected chi connectivity index (χ2v) is 7.34. The van der Waals surface area contributed by atoms with Gasteiger partial charge >= 0.3 is 0 Å². The van der Waals surface area contributed by atoms with Gasteiger partial charge in [0.2, 0.25) is 10.0 Å². The topological polar surface area (TPSA) is 58.2 Å². The maximum atomic E-state index is 11.7. The molecule has 1 heterocycles. The van der Waals surface area contributed by atoms with Gasteiger partial charge in [-0.3, -0.25) is 0 Å². The van der Waals surface area contributed by atoms with Crippen LogP contribution in [0.2, 0.25) is 0 Å². The number of rotatable bonds is 3. The van der Waals surface area contributed by atoms with Crippen LogP contribution in [0.15, 0.2) is 0 Å². The van der Waals surface area contributed by atoms with E-state index in [4.69, 9.17) is 0 Å². The molecule has 1 unspecified atom stereocenters. The highest BCUT2D eigenvalue weighted by Crippen LogP contribution is 2.14. The van der Waals surface area contributed by atoms with Crippen molar-refractivity contribution in [3.63, 3.8) is 0 Å². The number of sulfonamides is 1. The molecule has 0 aromatic carbocycles. The minimum absolute atomic E-state index is 0.451. The third-order valence-corrected chi connectivity index (χ3v) is 4.69. The van der Waals surface area contributed by atoms with Crippen LogP contribution in [0, 0.1) is 5.92 Å². The van der Waals surface area contributed by atoms with Gasteiger partial charge in [0.15, 0.2) is 0 Å². The zero-order valence-electron chi connectivity index (χ0n) is 9.13. The highest BCUT2D eigenvalue weighted by molar-refractivity contribution is 7.90. The van der Waals surface area contributed by atoms with Crippen molar-refractivity contribution in [1.29, 1.82) is 0 Å². The summed E-state index contributed by atoms with van der Waals surface area (Å²) in [6.45, 7) is 7.62. The Morgan fingerprint density at radius 3 is 2.50 bits per heavy atom. The molecule has 1 rings (SSSR count). The first kappa shape index (κ1) is 11.9. The minimum atomic E-state index is -3.16. The molecule has 5 heteroatoms. The average Bonchev–Trinajstić information content (AvgIpc) is 2.50. The third kappa shape index (κ3) is 2.93. The molecule has 1 atom stereocenters. The van der Waals surface area contributed by atoms with Gasteiger partial charge in [-0.1, -0.05) is 0 Å². The summed E-state index contributed by atoms with van der Waals surface area (Å²) in [5.41, 5.74) is 0. The fourth-order valence-corrected chi connectivity index (χ4v) is 2.22. The Hall–Kier alpha value is -0.130. The monoisotopic (exact) mass is 220 g/mol. The van der Waals surface area contributed by atoms with Crippen LogP contribution in [-0.2, 0) is 10.0 Å². The Bertz CT molecular complexity index is 274. The van der Waals surface area contributed by atoms with Gasteiger partial charge in [0.25, 0.3) is 0 Å². The van der Waals surface area contributed by atoms with E-state index in [-0.39, 0.29) is 0 Å². The highest BCUT2D eigenvalue weighted by atomic mass is 32.2. The minimum Gasteiger partial charge on any atom is -0.316 e. The van der Waals surface area contributed by atoms with Crippen LogP contribution in [0.3, 0.4) is 0 Å². The van der Waals surface area contributed by atoms with Crippen LogP contribution in [0.4, 0.5) is 0 Å². The summed E-state index contributed by atoms with van der Waals surface area (Å²) >= 11 is 0. The molecule has 2 N–H and O–H groups in total.